The predicted molar refractivity (Wildman–Crippen MR) is 158 cm³/mol. The van der Waals surface area contributed by atoms with Crippen LogP contribution in [0.3, 0.4) is 0 Å². The van der Waals surface area contributed by atoms with Gasteiger partial charge in [0.25, 0.3) is 0 Å². The van der Waals surface area contributed by atoms with Crippen LogP contribution in [0.4, 0.5) is 0 Å². The van der Waals surface area contributed by atoms with Crippen molar-refractivity contribution in [2.24, 2.45) is 5.92 Å². The van der Waals surface area contributed by atoms with E-state index in [1.54, 1.807) is 24.3 Å². The van der Waals surface area contributed by atoms with E-state index < -0.39 is 27.5 Å². The number of carboxylic acids is 1. The third-order valence-corrected chi connectivity index (χ3v) is 10.8. The number of para-hydroxylation sites is 1. The Morgan fingerprint density at radius 3 is 2.63 bits per heavy atom. The highest BCUT2D eigenvalue weighted by atomic mass is 32.2. The van der Waals surface area contributed by atoms with E-state index in [1.165, 1.54) is 17.1 Å². The van der Waals surface area contributed by atoms with Crippen LogP contribution >= 0.6 is 0 Å². The van der Waals surface area contributed by atoms with Crippen LogP contribution in [0.5, 0.6) is 5.75 Å². The molecule has 1 atom stereocenters. The standard InChI is InChI=1S/C32H34N4O6S/c1-20-7-10-23(26(14-30(37)38)25-11-12-27-31(21(25)2)33-34-36(27)15-22-8-9-22)13-24(20)16-35-17-32(18-41-19-32)42-28-5-3-4-6-29(28)43(35,39)40/h3-7,10-13,22,26H,8-9,14-19H2,1-2H3,(H,37,38). The number of carbonyl (C=O) groups is 1. The number of benzene rings is 3. The highest BCUT2D eigenvalue weighted by molar-refractivity contribution is 7.89. The summed E-state index contributed by atoms with van der Waals surface area (Å²) in [5, 5.41) is 18.8. The number of aryl methyl sites for hydroxylation is 2. The summed E-state index contributed by atoms with van der Waals surface area (Å²) < 4.78 is 42.9. The van der Waals surface area contributed by atoms with Gasteiger partial charge in [0.2, 0.25) is 10.0 Å². The molecule has 0 amide bonds. The van der Waals surface area contributed by atoms with Crippen LogP contribution in [0.15, 0.2) is 59.5 Å². The van der Waals surface area contributed by atoms with Crippen LogP contribution in [0.1, 0.15) is 53.0 Å². The quantitative estimate of drug-likeness (QED) is 0.315. The van der Waals surface area contributed by atoms with Crippen molar-refractivity contribution in [1.29, 1.82) is 0 Å². The van der Waals surface area contributed by atoms with Gasteiger partial charge in [-0.2, -0.15) is 4.31 Å². The van der Waals surface area contributed by atoms with E-state index in [0.717, 1.165) is 45.4 Å². The Bertz CT molecular complexity index is 1840. The third-order valence-electron chi connectivity index (χ3n) is 8.98. The lowest BCUT2D eigenvalue weighted by atomic mass is 9.84. The summed E-state index contributed by atoms with van der Waals surface area (Å²) in [4.78, 5) is 12.3. The number of carboxylic acid groups (broad SMARTS) is 1. The zero-order valence-electron chi connectivity index (χ0n) is 24.2. The predicted octanol–water partition coefficient (Wildman–Crippen LogP) is 4.42. The zero-order chi connectivity index (χ0) is 29.9. The summed E-state index contributed by atoms with van der Waals surface area (Å²) in [5.41, 5.74) is 5.29. The van der Waals surface area contributed by atoms with Crippen molar-refractivity contribution >= 4 is 27.0 Å². The van der Waals surface area contributed by atoms with Crippen molar-refractivity contribution in [2.75, 3.05) is 19.8 Å². The van der Waals surface area contributed by atoms with Crippen LogP contribution in [-0.4, -0.2) is 64.2 Å². The Hall–Kier alpha value is -3.80. The Labute approximate surface area is 250 Å². The van der Waals surface area contributed by atoms with Gasteiger partial charge in [-0.3, -0.25) is 4.79 Å². The third kappa shape index (κ3) is 5.09. The molecule has 1 saturated carbocycles. The molecule has 0 radical (unpaired) electrons. The maximum Gasteiger partial charge on any atom is 0.304 e. The Morgan fingerprint density at radius 2 is 1.91 bits per heavy atom. The fourth-order valence-electron chi connectivity index (χ4n) is 6.27. The molecule has 1 saturated heterocycles. The molecule has 1 N–H and O–H groups in total. The van der Waals surface area contributed by atoms with E-state index in [-0.39, 0.29) is 24.4 Å². The molecule has 1 spiro atoms. The van der Waals surface area contributed by atoms with E-state index in [2.05, 4.69) is 10.3 Å². The van der Waals surface area contributed by atoms with Crippen molar-refractivity contribution in [2.45, 2.75) is 62.6 Å². The number of fused-ring (bicyclic) bond motifs is 2. The Morgan fingerprint density at radius 1 is 1.12 bits per heavy atom. The first-order valence-corrected chi connectivity index (χ1v) is 16.1. The second kappa shape index (κ2) is 10.4. The second-order valence-electron chi connectivity index (χ2n) is 12.2. The Balaban J connectivity index is 1.26. The maximum atomic E-state index is 13.9. The van der Waals surface area contributed by atoms with Gasteiger partial charge in [0.05, 0.1) is 31.7 Å². The first kappa shape index (κ1) is 28.0. The molecule has 0 bridgehead atoms. The fraction of sp³-hybridized carbons (Fsp3) is 0.406. The first-order valence-electron chi connectivity index (χ1n) is 14.6. The summed E-state index contributed by atoms with van der Waals surface area (Å²) in [5.74, 6) is -0.388. The lowest BCUT2D eigenvalue weighted by molar-refractivity contribution is -0.165. The van der Waals surface area contributed by atoms with Crippen LogP contribution < -0.4 is 4.74 Å². The second-order valence-corrected chi connectivity index (χ2v) is 14.1. The van der Waals surface area contributed by atoms with E-state index in [4.69, 9.17) is 9.47 Å². The highest BCUT2D eigenvalue weighted by Gasteiger charge is 2.49. The molecule has 4 aromatic rings. The minimum Gasteiger partial charge on any atom is -0.481 e. The summed E-state index contributed by atoms with van der Waals surface area (Å²) in [6.45, 7) is 5.64. The lowest BCUT2D eigenvalue weighted by Crippen LogP contribution is -2.60. The van der Waals surface area contributed by atoms with Gasteiger partial charge in [0.1, 0.15) is 16.2 Å². The number of rotatable bonds is 8. The normalized spacial score (nSPS) is 19.8. The molecule has 1 aliphatic carbocycles. The van der Waals surface area contributed by atoms with Gasteiger partial charge in [-0.15, -0.1) is 5.10 Å². The number of sulfonamides is 1. The average molecular weight is 603 g/mol. The lowest BCUT2D eigenvalue weighted by Gasteiger charge is -2.41. The van der Waals surface area contributed by atoms with Gasteiger partial charge in [-0.05, 0) is 78.6 Å². The molecule has 7 rings (SSSR count). The number of hydrogen-bond donors (Lipinski definition) is 1. The van der Waals surface area contributed by atoms with E-state index in [0.29, 0.717) is 24.9 Å². The maximum absolute atomic E-state index is 13.9. The molecule has 1 unspecified atom stereocenters. The van der Waals surface area contributed by atoms with Crippen molar-refractivity contribution in [3.63, 3.8) is 0 Å². The number of aromatic nitrogens is 3. The van der Waals surface area contributed by atoms with Gasteiger partial charge < -0.3 is 14.6 Å². The number of aliphatic carboxylic acids is 1. The molecule has 11 heteroatoms. The van der Waals surface area contributed by atoms with Crippen molar-refractivity contribution in [3.8, 4) is 5.75 Å². The van der Waals surface area contributed by atoms with Crippen LogP contribution in [-0.2, 0) is 32.6 Å². The van der Waals surface area contributed by atoms with Gasteiger partial charge in [0.15, 0.2) is 5.60 Å². The molecule has 224 valence electrons. The van der Waals surface area contributed by atoms with E-state index in [1.807, 2.05) is 48.9 Å². The monoisotopic (exact) mass is 602 g/mol. The molecule has 43 heavy (non-hydrogen) atoms. The molecule has 1 aromatic heterocycles. The molecular weight excluding hydrogens is 568 g/mol. The molecule has 3 heterocycles. The van der Waals surface area contributed by atoms with E-state index in [9.17, 15) is 18.3 Å². The minimum atomic E-state index is -3.88. The van der Waals surface area contributed by atoms with Gasteiger partial charge in [0, 0.05) is 19.0 Å². The zero-order valence-corrected chi connectivity index (χ0v) is 25.0. The molecule has 2 aliphatic heterocycles. The summed E-state index contributed by atoms with van der Waals surface area (Å²) in [6, 6.07) is 16.5. The smallest absolute Gasteiger partial charge is 0.304 e. The average Bonchev–Trinajstić information content (AvgIpc) is 3.70. The molecule has 3 aliphatic rings. The van der Waals surface area contributed by atoms with Crippen LogP contribution in [0.25, 0.3) is 11.0 Å². The molecule has 2 fully saturated rings. The van der Waals surface area contributed by atoms with Gasteiger partial charge in [-0.1, -0.05) is 41.6 Å². The van der Waals surface area contributed by atoms with Crippen LogP contribution in [0.2, 0.25) is 0 Å². The van der Waals surface area contributed by atoms with Gasteiger partial charge >= 0.3 is 5.97 Å². The van der Waals surface area contributed by atoms with Gasteiger partial charge in [-0.25, -0.2) is 13.1 Å². The minimum absolute atomic E-state index is 0.116. The van der Waals surface area contributed by atoms with E-state index >= 15 is 0 Å². The first-order chi connectivity index (χ1) is 20.6. The Kier molecular flexibility index (Phi) is 6.79. The summed E-state index contributed by atoms with van der Waals surface area (Å²) >= 11 is 0. The topological polar surface area (TPSA) is 124 Å². The van der Waals surface area contributed by atoms with Crippen molar-refractivity contribution in [1.82, 2.24) is 19.3 Å². The molecule has 10 nitrogen and oxygen atoms in total. The summed E-state index contributed by atoms with van der Waals surface area (Å²) in [7, 11) is -3.88. The largest absolute Gasteiger partial charge is 0.481 e. The summed E-state index contributed by atoms with van der Waals surface area (Å²) in [6.07, 6.45) is 2.30. The number of nitrogens with zero attached hydrogens (tertiary/aromatic N) is 4. The number of hydrogen-bond acceptors (Lipinski definition) is 7. The highest BCUT2D eigenvalue weighted by Crippen LogP contribution is 2.39. The SMILES string of the molecule is Cc1ccc(C(CC(=O)O)c2ccc3c(nnn3CC3CC3)c2C)cc1CN1CC2(COC2)Oc2ccccc2S1(=O)=O. The van der Waals surface area contributed by atoms with Crippen molar-refractivity contribution in [3.05, 3.63) is 82.4 Å². The number of ether oxygens (including phenoxy) is 2. The molecule has 3 aromatic carbocycles. The molecular formula is C32H34N4O6S. The van der Waals surface area contributed by atoms with Crippen LogP contribution in [0, 0.1) is 19.8 Å². The van der Waals surface area contributed by atoms with Crippen molar-refractivity contribution < 1.29 is 27.8 Å². The fourth-order valence-corrected chi connectivity index (χ4v) is 7.88.